The van der Waals surface area contributed by atoms with Crippen molar-refractivity contribution in [1.82, 2.24) is 14.4 Å². The average molecular weight is 229 g/mol. The van der Waals surface area contributed by atoms with Crippen LogP contribution in [0, 0.1) is 0 Å². The first-order chi connectivity index (χ1) is 5.68. The summed E-state index contributed by atoms with van der Waals surface area (Å²) in [4.78, 5) is 17.6. The van der Waals surface area contributed by atoms with E-state index in [0.29, 0.717) is 11.5 Å². The molecule has 0 aromatic carbocycles. The van der Waals surface area contributed by atoms with Crippen molar-refractivity contribution in [3.63, 3.8) is 0 Å². The molecule has 6 heteroatoms. The lowest BCUT2D eigenvalue weighted by molar-refractivity contribution is 0.0995. The van der Waals surface area contributed by atoms with E-state index >= 15 is 0 Å². The molecule has 0 spiro atoms. The standard InChI is InChI=1S/C6H5BrN4O/c7-4-2-11-3(5(8)12)1-9-6(11)10-4/h1-2H,(H2,8,12)(H,9,10). The zero-order valence-corrected chi connectivity index (χ0v) is 7.50. The molecule has 1 amide bonds. The Morgan fingerprint density at radius 3 is 3.17 bits per heavy atom. The first-order valence-corrected chi connectivity index (χ1v) is 3.99. The number of hydrogen-bond donors (Lipinski definition) is 2. The molecule has 0 saturated carbocycles. The van der Waals surface area contributed by atoms with Crippen LogP contribution in [0.15, 0.2) is 17.0 Å². The van der Waals surface area contributed by atoms with Gasteiger partial charge in [0.1, 0.15) is 10.3 Å². The number of hydrogen-bond acceptors (Lipinski definition) is 2. The first kappa shape index (κ1) is 7.35. The zero-order chi connectivity index (χ0) is 8.72. The number of aromatic nitrogens is 3. The van der Waals surface area contributed by atoms with Gasteiger partial charge in [0.25, 0.3) is 5.91 Å². The van der Waals surface area contributed by atoms with Gasteiger partial charge >= 0.3 is 0 Å². The number of nitrogens with one attached hydrogen (secondary N) is 1. The van der Waals surface area contributed by atoms with Gasteiger partial charge in [0.05, 0.1) is 6.20 Å². The molecule has 2 aromatic rings. The molecule has 0 radical (unpaired) electrons. The third-order valence-corrected chi connectivity index (χ3v) is 1.93. The molecular formula is C6H5BrN4O. The van der Waals surface area contributed by atoms with Gasteiger partial charge in [-0.3, -0.25) is 9.20 Å². The van der Waals surface area contributed by atoms with Crippen LogP contribution >= 0.6 is 15.9 Å². The van der Waals surface area contributed by atoms with E-state index in [4.69, 9.17) is 5.73 Å². The Balaban J connectivity index is 2.76. The number of halogens is 1. The minimum absolute atomic E-state index is 0.368. The van der Waals surface area contributed by atoms with Crippen molar-refractivity contribution in [3.05, 3.63) is 22.7 Å². The smallest absolute Gasteiger partial charge is 0.267 e. The second-order valence-electron chi connectivity index (χ2n) is 2.30. The second kappa shape index (κ2) is 2.34. The summed E-state index contributed by atoms with van der Waals surface area (Å²) in [6.07, 6.45) is 3.13. The molecule has 0 aliphatic rings. The summed E-state index contributed by atoms with van der Waals surface area (Å²) < 4.78 is 2.35. The third-order valence-electron chi connectivity index (χ3n) is 1.52. The number of primary amides is 1. The Bertz CT molecular complexity index is 443. The van der Waals surface area contributed by atoms with Gasteiger partial charge < -0.3 is 10.7 Å². The fraction of sp³-hybridized carbons (Fsp3) is 0. The number of rotatable bonds is 1. The van der Waals surface area contributed by atoms with Crippen LogP contribution in [0.25, 0.3) is 5.78 Å². The Morgan fingerprint density at radius 1 is 1.75 bits per heavy atom. The van der Waals surface area contributed by atoms with Crippen LogP contribution in [0.2, 0.25) is 0 Å². The van der Waals surface area contributed by atoms with E-state index in [2.05, 4.69) is 25.9 Å². The summed E-state index contributed by atoms with van der Waals surface area (Å²) in [5.41, 5.74) is 5.47. The number of fused-ring (bicyclic) bond motifs is 1. The van der Waals surface area contributed by atoms with Crippen molar-refractivity contribution in [3.8, 4) is 0 Å². The zero-order valence-electron chi connectivity index (χ0n) is 5.91. The number of imidazole rings is 2. The van der Waals surface area contributed by atoms with E-state index in [1.54, 1.807) is 10.6 Å². The number of nitrogens with two attached hydrogens (primary N) is 1. The topological polar surface area (TPSA) is 76.2 Å². The molecular weight excluding hydrogens is 224 g/mol. The Kier molecular flexibility index (Phi) is 1.44. The lowest BCUT2D eigenvalue weighted by atomic mass is 10.5. The number of amides is 1. The SMILES string of the molecule is NC(=O)c1cnc2[nH]c(Br)cn12. The largest absolute Gasteiger partial charge is 0.364 e. The summed E-state index contributed by atoms with van der Waals surface area (Å²) in [5, 5.41) is 0. The number of carbonyl (C=O) groups is 1. The van der Waals surface area contributed by atoms with E-state index < -0.39 is 5.91 Å². The predicted molar refractivity (Wildman–Crippen MR) is 45.8 cm³/mol. The average Bonchev–Trinajstić information content (AvgIpc) is 2.43. The van der Waals surface area contributed by atoms with Crippen molar-refractivity contribution in [2.75, 3.05) is 0 Å². The lowest BCUT2D eigenvalue weighted by Gasteiger charge is -1.88. The van der Waals surface area contributed by atoms with E-state index in [0.717, 1.165) is 4.60 Å². The normalized spacial score (nSPS) is 10.8. The maximum Gasteiger partial charge on any atom is 0.267 e. The molecule has 2 aromatic heterocycles. The van der Waals surface area contributed by atoms with Gasteiger partial charge in [-0.25, -0.2) is 4.98 Å². The fourth-order valence-electron chi connectivity index (χ4n) is 1.02. The predicted octanol–water partition coefficient (Wildman–Crippen LogP) is 0.524. The van der Waals surface area contributed by atoms with Gasteiger partial charge in [-0.05, 0) is 15.9 Å². The minimum Gasteiger partial charge on any atom is -0.364 e. The molecule has 5 nitrogen and oxygen atoms in total. The van der Waals surface area contributed by atoms with Crippen LogP contribution in [0.4, 0.5) is 0 Å². The fourth-order valence-corrected chi connectivity index (χ4v) is 1.40. The van der Waals surface area contributed by atoms with Crippen LogP contribution in [0.3, 0.4) is 0 Å². The van der Waals surface area contributed by atoms with Gasteiger partial charge in [-0.1, -0.05) is 0 Å². The molecule has 62 valence electrons. The van der Waals surface area contributed by atoms with E-state index in [1.807, 2.05) is 0 Å². The maximum atomic E-state index is 10.8. The van der Waals surface area contributed by atoms with Crippen LogP contribution < -0.4 is 5.73 Å². The molecule has 3 N–H and O–H groups in total. The van der Waals surface area contributed by atoms with Gasteiger partial charge in [0.2, 0.25) is 5.78 Å². The van der Waals surface area contributed by atoms with E-state index in [1.165, 1.54) is 6.20 Å². The number of carbonyl (C=O) groups excluding carboxylic acids is 1. The quantitative estimate of drug-likeness (QED) is 0.747. The van der Waals surface area contributed by atoms with Crippen LogP contribution in [-0.4, -0.2) is 20.3 Å². The Morgan fingerprint density at radius 2 is 2.50 bits per heavy atom. The summed E-state index contributed by atoms with van der Waals surface area (Å²) in [6, 6.07) is 0. The first-order valence-electron chi connectivity index (χ1n) is 3.20. The monoisotopic (exact) mass is 228 g/mol. The van der Waals surface area contributed by atoms with Crippen molar-refractivity contribution in [2.24, 2.45) is 5.73 Å². The van der Waals surface area contributed by atoms with E-state index in [9.17, 15) is 4.79 Å². The van der Waals surface area contributed by atoms with Gasteiger partial charge in [0, 0.05) is 6.20 Å². The molecule has 0 bridgehead atoms. The lowest BCUT2D eigenvalue weighted by Crippen LogP contribution is -2.12. The molecule has 2 heterocycles. The third kappa shape index (κ3) is 0.918. The highest BCUT2D eigenvalue weighted by Crippen LogP contribution is 2.11. The molecule has 0 atom stereocenters. The van der Waals surface area contributed by atoms with Crippen molar-refractivity contribution in [2.45, 2.75) is 0 Å². The number of nitrogens with zero attached hydrogens (tertiary/aromatic N) is 2. The highest BCUT2D eigenvalue weighted by Gasteiger charge is 2.09. The molecule has 0 aliphatic heterocycles. The summed E-state index contributed by atoms with van der Waals surface area (Å²) in [6.45, 7) is 0. The van der Waals surface area contributed by atoms with Gasteiger partial charge in [0.15, 0.2) is 0 Å². The molecule has 0 unspecified atom stereocenters. The molecule has 2 rings (SSSR count). The summed E-state index contributed by atoms with van der Waals surface area (Å²) in [7, 11) is 0. The van der Waals surface area contributed by atoms with Crippen LogP contribution in [-0.2, 0) is 0 Å². The molecule has 0 aliphatic carbocycles. The Hall–Kier alpha value is -1.30. The summed E-state index contributed by atoms with van der Waals surface area (Å²) >= 11 is 3.22. The molecule has 12 heavy (non-hydrogen) atoms. The van der Waals surface area contributed by atoms with E-state index in [-0.39, 0.29) is 0 Å². The van der Waals surface area contributed by atoms with Crippen molar-refractivity contribution < 1.29 is 4.79 Å². The van der Waals surface area contributed by atoms with Gasteiger partial charge in [-0.2, -0.15) is 0 Å². The summed E-state index contributed by atoms with van der Waals surface area (Å²) in [5.74, 6) is 0.102. The van der Waals surface area contributed by atoms with Crippen molar-refractivity contribution >= 4 is 27.6 Å². The minimum atomic E-state index is -0.492. The van der Waals surface area contributed by atoms with Gasteiger partial charge in [-0.15, -0.1) is 0 Å². The Labute approximate surface area is 75.7 Å². The molecule has 0 saturated heterocycles. The van der Waals surface area contributed by atoms with Crippen molar-refractivity contribution in [1.29, 1.82) is 0 Å². The number of aromatic amines is 1. The highest BCUT2D eigenvalue weighted by molar-refractivity contribution is 9.10. The maximum absolute atomic E-state index is 10.8. The second-order valence-corrected chi connectivity index (χ2v) is 3.16. The number of H-pyrrole nitrogens is 1. The van der Waals surface area contributed by atoms with Crippen LogP contribution in [0.5, 0.6) is 0 Å². The highest BCUT2D eigenvalue weighted by atomic mass is 79.9. The van der Waals surface area contributed by atoms with Crippen LogP contribution in [0.1, 0.15) is 10.5 Å². The molecule has 0 fully saturated rings.